The summed E-state index contributed by atoms with van der Waals surface area (Å²) < 4.78 is 1.19. The van der Waals surface area contributed by atoms with Crippen LogP contribution in [0.25, 0.3) is 0 Å². The van der Waals surface area contributed by atoms with Gasteiger partial charge in [0, 0.05) is 15.8 Å². The molecule has 1 aromatic heterocycles. The summed E-state index contributed by atoms with van der Waals surface area (Å²) in [6, 6.07) is 0. The van der Waals surface area contributed by atoms with Gasteiger partial charge in [0.2, 0.25) is 0 Å². The predicted molar refractivity (Wildman–Crippen MR) is 54.6 cm³/mol. The molecule has 3 heteroatoms. The summed E-state index contributed by atoms with van der Waals surface area (Å²) in [5.41, 5.74) is 0.916. The maximum Gasteiger partial charge on any atom is 0.0698 e. The fourth-order valence-electron chi connectivity index (χ4n) is 1.22. The maximum absolute atomic E-state index is 9.70. The molecule has 1 N–H and O–H groups in total. The third-order valence-corrected chi connectivity index (χ3v) is 4.76. The standard InChI is InChI=1S/C9H11BrOS/c1-6-5-12-7(8(6)10)4-9(11)2-3-9/h5,11H,2-4H2,1H3. The molecule has 0 atom stereocenters. The summed E-state index contributed by atoms with van der Waals surface area (Å²) in [7, 11) is 0. The largest absolute Gasteiger partial charge is 0.390 e. The summed E-state index contributed by atoms with van der Waals surface area (Å²) in [5, 5.41) is 11.8. The molecule has 0 bridgehead atoms. The lowest BCUT2D eigenvalue weighted by molar-refractivity contribution is 0.151. The molecular formula is C9H11BrOS. The summed E-state index contributed by atoms with van der Waals surface area (Å²) in [4.78, 5) is 1.28. The number of aryl methyl sites for hydroxylation is 1. The van der Waals surface area contributed by atoms with E-state index in [2.05, 4.69) is 28.2 Å². The molecule has 1 aliphatic rings. The van der Waals surface area contributed by atoms with Gasteiger partial charge in [0.1, 0.15) is 0 Å². The van der Waals surface area contributed by atoms with E-state index in [4.69, 9.17) is 0 Å². The molecule has 1 aromatic rings. The lowest BCUT2D eigenvalue weighted by atomic mass is 10.2. The molecule has 0 radical (unpaired) electrons. The first-order valence-electron chi connectivity index (χ1n) is 4.06. The molecule has 0 spiro atoms. The average molecular weight is 247 g/mol. The molecule has 1 fully saturated rings. The Morgan fingerprint density at radius 1 is 1.67 bits per heavy atom. The van der Waals surface area contributed by atoms with E-state index in [0.29, 0.717) is 0 Å². The zero-order valence-electron chi connectivity index (χ0n) is 6.93. The van der Waals surface area contributed by atoms with Gasteiger partial charge in [0.15, 0.2) is 0 Å². The predicted octanol–water partition coefficient (Wildman–Crippen LogP) is 2.89. The van der Waals surface area contributed by atoms with Crippen LogP contribution in [-0.2, 0) is 6.42 Å². The zero-order chi connectivity index (χ0) is 8.77. The van der Waals surface area contributed by atoms with Crippen molar-refractivity contribution in [3.63, 3.8) is 0 Å². The second-order valence-electron chi connectivity index (χ2n) is 3.56. The smallest absolute Gasteiger partial charge is 0.0698 e. The van der Waals surface area contributed by atoms with Crippen LogP contribution in [0.4, 0.5) is 0 Å². The van der Waals surface area contributed by atoms with Gasteiger partial charge in [-0.05, 0) is 46.6 Å². The topological polar surface area (TPSA) is 20.2 Å². The molecular weight excluding hydrogens is 236 g/mol. The van der Waals surface area contributed by atoms with E-state index >= 15 is 0 Å². The normalized spacial score (nSPS) is 19.6. The molecule has 1 heterocycles. The Morgan fingerprint density at radius 3 is 2.75 bits per heavy atom. The zero-order valence-corrected chi connectivity index (χ0v) is 9.33. The Balaban J connectivity index is 2.17. The van der Waals surface area contributed by atoms with Crippen LogP contribution in [0.5, 0.6) is 0 Å². The summed E-state index contributed by atoms with van der Waals surface area (Å²) >= 11 is 5.27. The highest BCUT2D eigenvalue weighted by Crippen LogP contribution is 2.41. The minimum atomic E-state index is -0.361. The Hall–Kier alpha value is 0.140. The van der Waals surface area contributed by atoms with Crippen molar-refractivity contribution in [1.29, 1.82) is 0 Å². The van der Waals surface area contributed by atoms with Gasteiger partial charge >= 0.3 is 0 Å². The fourth-order valence-corrected chi connectivity index (χ4v) is 2.96. The van der Waals surface area contributed by atoms with E-state index in [1.54, 1.807) is 11.3 Å². The van der Waals surface area contributed by atoms with Crippen LogP contribution in [0.15, 0.2) is 9.85 Å². The van der Waals surface area contributed by atoms with Gasteiger partial charge in [-0.2, -0.15) is 0 Å². The van der Waals surface area contributed by atoms with Crippen molar-refractivity contribution in [2.45, 2.75) is 31.8 Å². The van der Waals surface area contributed by atoms with Gasteiger partial charge < -0.3 is 5.11 Å². The second kappa shape index (κ2) is 2.82. The summed E-state index contributed by atoms with van der Waals surface area (Å²) in [5.74, 6) is 0. The first-order chi connectivity index (χ1) is 5.61. The number of aliphatic hydroxyl groups is 1. The molecule has 12 heavy (non-hydrogen) atoms. The number of thiophene rings is 1. The minimum Gasteiger partial charge on any atom is -0.390 e. The quantitative estimate of drug-likeness (QED) is 0.851. The third kappa shape index (κ3) is 1.58. The Kier molecular flexibility index (Phi) is 2.05. The molecule has 0 aromatic carbocycles. The van der Waals surface area contributed by atoms with Gasteiger partial charge in [0.25, 0.3) is 0 Å². The number of rotatable bonds is 2. The Morgan fingerprint density at radius 2 is 2.33 bits per heavy atom. The highest BCUT2D eigenvalue weighted by Gasteiger charge is 2.40. The van der Waals surface area contributed by atoms with Crippen LogP contribution in [0.2, 0.25) is 0 Å². The molecule has 1 nitrogen and oxygen atoms in total. The van der Waals surface area contributed by atoms with Crippen molar-refractivity contribution in [2.24, 2.45) is 0 Å². The van der Waals surface area contributed by atoms with Gasteiger partial charge in [-0.15, -0.1) is 11.3 Å². The second-order valence-corrected chi connectivity index (χ2v) is 5.31. The van der Waals surface area contributed by atoms with E-state index in [0.717, 1.165) is 19.3 Å². The van der Waals surface area contributed by atoms with Crippen LogP contribution < -0.4 is 0 Å². The first kappa shape index (κ1) is 8.73. The van der Waals surface area contributed by atoms with E-state index in [-0.39, 0.29) is 5.60 Å². The molecule has 0 aliphatic heterocycles. The first-order valence-corrected chi connectivity index (χ1v) is 5.73. The van der Waals surface area contributed by atoms with Gasteiger partial charge in [0.05, 0.1) is 5.60 Å². The van der Waals surface area contributed by atoms with Crippen molar-refractivity contribution in [1.82, 2.24) is 0 Å². The lowest BCUT2D eigenvalue weighted by Crippen LogP contribution is -2.09. The van der Waals surface area contributed by atoms with Crippen molar-refractivity contribution in [2.75, 3.05) is 0 Å². The molecule has 0 amide bonds. The van der Waals surface area contributed by atoms with Crippen LogP contribution in [-0.4, -0.2) is 10.7 Å². The Bertz CT molecular complexity index is 301. The van der Waals surface area contributed by atoms with Crippen molar-refractivity contribution in [3.05, 3.63) is 20.3 Å². The number of halogens is 1. The van der Waals surface area contributed by atoms with Crippen LogP contribution >= 0.6 is 27.3 Å². The van der Waals surface area contributed by atoms with Crippen molar-refractivity contribution >= 4 is 27.3 Å². The van der Waals surface area contributed by atoms with E-state index in [9.17, 15) is 5.11 Å². The molecule has 0 unspecified atom stereocenters. The Labute approximate surface area is 84.6 Å². The molecule has 1 saturated carbocycles. The van der Waals surface area contributed by atoms with Gasteiger partial charge in [-0.25, -0.2) is 0 Å². The number of hydrogen-bond acceptors (Lipinski definition) is 2. The highest BCUT2D eigenvalue weighted by atomic mass is 79.9. The van der Waals surface area contributed by atoms with Gasteiger partial charge in [-0.3, -0.25) is 0 Å². The van der Waals surface area contributed by atoms with Crippen LogP contribution in [0, 0.1) is 6.92 Å². The van der Waals surface area contributed by atoms with Crippen LogP contribution in [0.3, 0.4) is 0 Å². The maximum atomic E-state index is 9.70. The fraction of sp³-hybridized carbons (Fsp3) is 0.556. The average Bonchev–Trinajstić information content (AvgIpc) is 2.68. The lowest BCUT2D eigenvalue weighted by Gasteiger charge is -2.04. The number of hydrogen-bond donors (Lipinski definition) is 1. The summed E-state index contributed by atoms with van der Waals surface area (Å²) in [6.07, 6.45) is 2.76. The highest BCUT2D eigenvalue weighted by molar-refractivity contribution is 9.10. The molecule has 66 valence electrons. The van der Waals surface area contributed by atoms with Crippen molar-refractivity contribution in [3.8, 4) is 0 Å². The van der Waals surface area contributed by atoms with E-state index in [1.807, 2.05) is 0 Å². The molecule has 2 rings (SSSR count). The van der Waals surface area contributed by atoms with E-state index < -0.39 is 0 Å². The summed E-state index contributed by atoms with van der Waals surface area (Å²) in [6.45, 7) is 2.08. The van der Waals surface area contributed by atoms with Gasteiger partial charge in [-0.1, -0.05) is 0 Å². The SMILES string of the molecule is Cc1csc(CC2(O)CC2)c1Br. The monoisotopic (exact) mass is 246 g/mol. The third-order valence-electron chi connectivity index (χ3n) is 2.29. The van der Waals surface area contributed by atoms with E-state index in [1.165, 1.54) is 14.9 Å². The van der Waals surface area contributed by atoms with Crippen LogP contribution in [0.1, 0.15) is 23.3 Å². The van der Waals surface area contributed by atoms with Crippen molar-refractivity contribution < 1.29 is 5.11 Å². The molecule has 1 aliphatic carbocycles. The minimum absolute atomic E-state index is 0.361. The molecule has 0 saturated heterocycles.